The number of hydrogen-bond donors (Lipinski definition) is 1. The highest BCUT2D eigenvalue weighted by Gasteiger charge is 2.25. The zero-order chi connectivity index (χ0) is 13.8. The molecule has 110 valence electrons. The van der Waals surface area contributed by atoms with Gasteiger partial charge in [0.25, 0.3) is 0 Å². The summed E-state index contributed by atoms with van der Waals surface area (Å²) in [5.74, 6) is 1.60. The number of nitrogens with zero attached hydrogens (tertiary/aromatic N) is 1. The van der Waals surface area contributed by atoms with Crippen molar-refractivity contribution in [3.8, 4) is 0 Å². The lowest BCUT2D eigenvalue weighted by molar-refractivity contribution is 0.157. The van der Waals surface area contributed by atoms with Crippen LogP contribution in [0.4, 0.5) is 0 Å². The van der Waals surface area contributed by atoms with Crippen LogP contribution in [0.2, 0.25) is 0 Å². The van der Waals surface area contributed by atoms with Gasteiger partial charge in [0.1, 0.15) is 0 Å². The lowest BCUT2D eigenvalue weighted by Gasteiger charge is -2.36. The molecule has 1 aromatic rings. The highest BCUT2D eigenvalue weighted by atomic mass is 15.1. The van der Waals surface area contributed by atoms with Gasteiger partial charge in [0.15, 0.2) is 0 Å². The van der Waals surface area contributed by atoms with E-state index in [9.17, 15) is 0 Å². The van der Waals surface area contributed by atoms with E-state index in [2.05, 4.69) is 29.2 Å². The van der Waals surface area contributed by atoms with Crippen molar-refractivity contribution in [2.45, 2.75) is 44.4 Å². The van der Waals surface area contributed by atoms with E-state index in [4.69, 9.17) is 5.73 Å². The fourth-order valence-electron chi connectivity index (χ4n) is 4.14. The molecule has 2 N–H and O–H groups in total. The third-order valence-corrected chi connectivity index (χ3v) is 5.15. The van der Waals surface area contributed by atoms with Crippen LogP contribution in [0, 0.1) is 5.92 Å². The van der Waals surface area contributed by atoms with Crippen molar-refractivity contribution in [2.75, 3.05) is 26.2 Å². The number of piperidine rings is 1. The molecule has 0 radical (unpaired) electrons. The Kier molecular flexibility index (Phi) is 4.74. The van der Waals surface area contributed by atoms with Gasteiger partial charge in [0.2, 0.25) is 0 Å². The van der Waals surface area contributed by atoms with Crippen LogP contribution in [0.1, 0.15) is 49.1 Å². The molecular formula is C18H28N2. The smallest absolute Gasteiger partial charge is 0.00505 e. The van der Waals surface area contributed by atoms with Crippen LogP contribution in [0.15, 0.2) is 24.3 Å². The number of fused-ring (bicyclic) bond motifs is 1. The van der Waals surface area contributed by atoms with Crippen molar-refractivity contribution in [3.63, 3.8) is 0 Å². The molecule has 0 saturated carbocycles. The second-order valence-corrected chi connectivity index (χ2v) is 6.63. The molecule has 2 nitrogen and oxygen atoms in total. The minimum absolute atomic E-state index is 0.761. The molecule has 1 aromatic carbocycles. The van der Waals surface area contributed by atoms with Gasteiger partial charge < -0.3 is 10.6 Å². The van der Waals surface area contributed by atoms with E-state index in [0.29, 0.717) is 0 Å². The summed E-state index contributed by atoms with van der Waals surface area (Å²) in [7, 11) is 0. The molecule has 2 aliphatic rings. The molecule has 1 saturated heterocycles. The Morgan fingerprint density at radius 3 is 2.95 bits per heavy atom. The second kappa shape index (κ2) is 6.73. The first kappa shape index (κ1) is 14.1. The largest absolute Gasteiger partial charge is 0.330 e. The molecule has 2 atom stereocenters. The van der Waals surface area contributed by atoms with Crippen LogP contribution < -0.4 is 5.73 Å². The lowest BCUT2D eigenvalue weighted by atomic mass is 9.82. The molecule has 2 unspecified atom stereocenters. The standard InChI is InChI=1S/C18H28N2/c19-11-10-15-5-4-12-20(13-15)14-17-8-3-7-16-6-1-2-9-18(16)17/h1-2,6,9,15,17H,3-5,7-8,10-14,19H2. The summed E-state index contributed by atoms with van der Waals surface area (Å²) in [6.07, 6.45) is 7.96. The summed E-state index contributed by atoms with van der Waals surface area (Å²) in [5, 5.41) is 0. The Morgan fingerprint density at radius 1 is 1.15 bits per heavy atom. The average Bonchev–Trinajstić information content (AvgIpc) is 2.48. The first-order chi connectivity index (χ1) is 9.86. The van der Waals surface area contributed by atoms with Gasteiger partial charge in [-0.1, -0.05) is 24.3 Å². The molecule has 0 amide bonds. The van der Waals surface area contributed by atoms with Gasteiger partial charge in [0.05, 0.1) is 0 Å². The summed E-state index contributed by atoms with van der Waals surface area (Å²) >= 11 is 0. The third-order valence-electron chi connectivity index (χ3n) is 5.15. The molecule has 3 rings (SSSR count). The van der Waals surface area contributed by atoms with Gasteiger partial charge in [0, 0.05) is 13.1 Å². The van der Waals surface area contributed by atoms with Crippen LogP contribution in [0.25, 0.3) is 0 Å². The quantitative estimate of drug-likeness (QED) is 0.912. The van der Waals surface area contributed by atoms with E-state index >= 15 is 0 Å². The van der Waals surface area contributed by atoms with Gasteiger partial charge >= 0.3 is 0 Å². The van der Waals surface area contributed by atoms with Crippen molar-refractivity contribution in [2.24, 2.45) is 11.7 Å². The molecule has 0 spiro atoms. The monoisotopic (exact) mass is 272 g/mol. The van der Waals surface area contributed by atoms with Gasteiger partial charge in [-0.25, -0.2) is 0 Å². The predicted octanol–water partition coefficient (Wildman–Crippen LogP) is 3.17. The van der Waals surface area contributed by atoms with Crippen LogP contribution >= 0.6 is 0 Å². The minimum Gasteiger partial charge on any atom is -0.330 e. The van der Waals surface area contributed by atoms with E-state index in [1.165, 1.54) is 58.2 Å². The first-order valence-electron chi connectivity index (χ1n) is 8.37. The topological polar surface area (TPSA) is 29.3 Å². The number of likely N-dealkylation sites (tertiary alicyclic amines) is 1. The molecule has 1 aliphatic carbocycles. The van der Waals surface area contributed by atoms with Crippen molar-refractivity contribution in [3.05, 3.63) is 35.4 Å². The first-order valence-corrected chi connectivity index (χ1v) is 8.37. The second-order valence-electron chi connectivity index (χ2n) is 6.63. The van der Waals surface area contributed by atoms with Crippen LogP contribution in [0.3, 0.4) is 0 Å². The van der Waals surface area contributed by atoms with Crippen LogP contribution in [0.5, 0.6) is 0 Å². The molecular weight excluding hydrogens is 244 g/mol. The Bertz CT molecular complexity index is 427. The maximum atomic E-state index is 5.73. The van der Waals surface area contributed by atoms with Crippen molar-refractivity contribution in [1.82, 2.24) is 4.90 Å². The zero-order valence-electron chi connectivity index (χ0n) is 12.6. The predicted molar refractivity (Wildman–Crippen MR) is 85.0 cm³/mol. The number of benzene rings is 1. The van der Waals surface area contributed by atoms with E-state index < -0.39 is 0 Å². The molecule has 0 aromatic heterocycles. The van der Waals surface area contributed by atoms with Gasteiger partial charge in [-0.3, -0.25) is 0 Å². The fourth-order valence-corrected chi connectivity index (χ4v) is 4.14. The molecule has 1 fully saturated rings. The zero-order valence-corrected chi connectivity index (χ0v) is 12.6. The number of aryl methyl sites for hydroxylation is 1. The molecule has 20 heavy (non-hydrogen) atoms. The molecule has 1 aliphatic heterocycles. The Balaban J connectivity index is 1.63. The van der Waals surface area contributed by atoms with Crippen molar-refractivity contribution in [1.29, 1.82) is 0 Å². The van der Waals surface area contributed by atoms with E-state index in [0.717, 1.165) is 18.4 Å². The number of hydrogen-bond acceptors (Lipinski definition) is 2. The minimum atomic E-state index is 0.761. The highest BCUT2D eigenvalue weighted by Crippen LogP contribution is 2.33. The van der Waals surface area contributed by atoms with Gasteiger partial charge in [-0.2, -0.15) is 0 Å². The summed E-state index contributed by atoms with van der Waals surface area (Å²) in [5.41, 5.74) is 8.96. The van der Waals surface area contributed by atoms with Crippen LogP contribution in [-0.2, 0) is 6.42 Å². The maximum Gasteiger partial charge on any atom is 0.00505 e. The average molecular weight is 272 g/mol. The lowest BCUT2D eigenvalue weighted by Crippen LogP contribution is -2.39. The highest BCUT2D eigenvalue weighted by molar-refractivity contribution is 5.32. The van der Waals surface area contributed by atoms with Crippen LogP contribution in [-0.4, -0.2) is 31.1 Å². The van der Waals surface area contributed by atoms with Gasteiger partial charge in [-0.15, -0.1) is 0 Å². The summed E-state index contributed by atoms with van der Waals surface area (Å²) in [4.78, 5) is 2.70. The van der Waals surface area contributed by atoms with Crippen molar-refractivity contribution < 1.29 is 0 Å². The SMILES string of the molecule is NCCC1CCCN(CC2CCCc3ccccc32)C1. The maximum absolute atomic E-state index is 5.73. The van der Waals surface area contributed by atoms with Crippen molar-refractivity contribution >= 4 is 0 Å². The Hall–Kier alpha value is -0.860. The summed E-state index contributed by atoms with van der Waals surface area (Å²) in [6.45, 7) is 4.68. The summed E-state index contributed by atoms with van der Waals surface area (Å²) in [6, 6.07) is 9.10. The Morgan fingerprint density at radius 2 is 2.05 bits per heavy atom. The fraction of sp³-hybridized carbons (Fsp3) is 0.667. The third kappa shape index (κ3) is 3.24. The molecule has 0 bridgehead atoms. The number of rotatable bonds is 4. The normalized spacial score (nSPS) is 27.2. The summed E-state index contributed by atoms with van der Waals surface area (Å²) < 4.78 is 0. The Labute approximate surface area is 123 Å². The van der Waals surface area contributed by atoms with Gasteiger partial charge in [-0.05, 0) is 74.6 Å². The molecule has 1 heterocycles. The van der Waals surface area contributed by atoms with E-state index in [1.807, 2.05) is 0 Å². The van der Waals surface area contributed by atoms with E-state index in [-0.39, 0.29) is 0 Å². The van der Waals surface area contributed by atoms with E-state index in [1.54, 1.807) is 11.1 Å². The number of nitrogens with two attached hydrogens (primary N) is 1. The molecule has 2 heteroatoms.